The molecule has 23 heavy (non-hydrogen) atoms. The second kappa shape index (κ2) is 9.01. The zero-order valence-electron chi connectivity index (χ0n) is 14.5. The van der Waals surface area contributed by atoms with Gasteiger partial charge in [0.15, 0.2) is 5.96 Å². The fourth-order valence-electron chi connectivity index (χ4n) is 2.66. The number of aromatic nitrogens is 1. The monoisotopic (exact) mass is 335 g/mol. The van der Waals surface area contributed by atoms with E-state index in [0.717, 1.165) is 50.8 Å². The highest BCUT2D eigenvalue weighted by Crippen LogP contribution is 2.29. The highest BCUT2D eigenvalue weighted by molar-refractivity contribution is 8.00. The summed E-state index contributed by atoms with van der Waals surface area (Å²) in [7, 11) is 1.87. The van der Waals surface area contributed by atoms with E-state index in [4.69, 9.17) is 0 Å². The molecule has 0 spiro atoms. The van der Waals surface area contributed by atoms with Gasteiger partial charge < -0.3 is 15.5 Å². The molecule has 128 valence electrons. The fourth-order valence-corrected chi connectivity index (χ4v) is 3.77. The second-order valence-corrected chi connectivity index (χ2v) is 8.15. The zero-order valence-corrected chi connectivity index (χ0v) is 15.3. The minimum absolute atomic E-state index is 0.308. The predicted octanol–water partition coefficient (Wildman–Crippen LogP) is 2.68. The molecule has 1 aliphatic heterocycles. The number of nitrogens with one attached hydrogen (secondary N) is 2. The first-order valence-electron chi connectivity index (χ1n) is 8.35. The predicted molar refractivity (Wildman–Crippen MR) is 101 cm³/mol. The van der Waals surface area contributed by atoms with E-state index in [2.05, 4.69) is 39.4 Å². The summed E-state index contributed by atoms with van der Waals surface area (Å²) >= 11 is 2.05. The number of rotatable bonds is 6. The summed E-state index contributed by atoms with van der Waals surface area (Å²) in [6.45, 7) is 8.65. The molecule has 6 heteroatoms. The van der Waals surface area contributed by atoms with E-state index in [1.165, 1.54) is 5.75 Å². The molecular formula is C17H29N5S. The van der Waals surface area contributed by atoms with E-state index in [0.29, 0.717) is 4.75 Å². The quantitative estimate of drug-likeness (QED) is 0.475. The summed E-state index contributed by atoms with van der Waals surface area (Å²) in [4.78, 5) is 11.1. The van der Waals surface area contributed by atoms with E-state index < -0.39 is 0 Å². The number of thioether (sulfide) groups is 1. The minimum Gasteiger partial charge on any atom is -0.370 e. The van der Waals surface area contributed by atoms with Gasteiger partial charge in [0.25, 0.3) is 0 Å². The van der Waals surface area contributed by atoms with Gasteiger partial charge in [-0.2, -0.15) is 11.8 Å². The Morgan fingerprint density at radius 2 is 2.17 bits per heavy atom. The smallest absolute Gasteiger partial charge is 0.193 e. The van der Waals surface area contributed by atoms with Crippen molar-refractivity contribution in [3.63, 3.8) is 0 Å². The average Bonchev–Trinajstić information content (AvgIpc) is 2.54. The maximum atomic E-state index is 4.44. The molecule has 1 aromatic rings. The van der Waals surface area contributed by atoms with Crippen LogP contribution in [-0.2, 0) is 0 Å². The number of guanidine groups is 1. The van der Waals surface area contributed by atoms with Gasteiger partial charge in [-0.3, -0.25) is 4.99 Å². The summed E-state index contributed by atoms with van der Waals surface area (Å²) in [6, 6.07) is 5.93. The number of unbranched alkanes of at least 4 members (excludes halogenated alkanes) is 1. The Morgan fingerprint density at radius 3 is 2.87 bits per heavy atom. The Hall–Kier alpha value is -1.43. The van der Waals surface area contributed by atoms with Crippen LogP contribution in [0.25, 0.3) is 0 Å². The molecule has 1 saturated heterocycles. The van der Waals surface area contributed by atoms with Crippen molar-refractivity contribution >= 4 is 23.5 Å². The normalized spacial score (nSPS) is 17.9. The molecule has 2 N–H and O–H groups in total. The zero-order chi connectivity index (χ0) is 16.5. The van der Waals surface area contributed by atoms with Crippen molar-refractivity contribution in [2.75, 3.05) is 44.3 Å². The molecule has 0 saturated carbocycles. The number of pyridine rings is 1. The first-order chi connectivity index (χ1) is 11.1. The Bertz CT molecular complexity index is 489. The Kier molecular flexibility index (Phi) is 7.02. The molecule has 2 rings (SSSR count). The average molecular weight is 336 g/mol. The van der Waals surface area contributed by atoms with Gasteiger partial charge in [-0.1, -0.05) is 6.07 Å². The molecule has 0 aromatic carbocycles. The van der Waals surface area contributed by atoms with Gasteiger partial charge in [0, 0.05) is 49.9 Å². The molecule has 0 radical (unpaired) electrons. The van der Waals surface area contributed by atoms with Crippen LogP contribution in [0.4, 0.5) is 5.82 Å². The maximum Gasteiger partial charge on any atom is 0.193 e. The van der Waals surface area contributed by atoms with Crippen LogP contribution in [0.2, 0.25) is 0 Å². The van der Waals surface area contributed by atoms with E-state index in [1.54, 1.807) is 0 Å². The third-order valence-electron chi connectivity index (χ3n) is 3.79. The van der Waals surface area contributed by atoms with E-state index in [1.807, 2.05) is 43.2 Å². The Labute approximate surface area is 144 Å². The summed E-state index contributed by atoms with van der Waals surface area (Å²) in [6.07, 6.45) is 4.04. The first-order valence-corrected chi connectivity index (χ1v) is 9.34. The minimum atomic E-state index is 0.308. The van der Waals surface area contributed by atoms with E-state index in [9.17, 15) is 0 Å². The largest absolute Gasteiger partial charge is 0.370 e. The van der Waals surface area contributed by atoms with E-state index >= 15 is 0 Å². The summed E-state index contributed by atoms with van der Waals surface area (Å²) in [5.74, 6) is 3.15. The fraction of sp³-hybridized carbons (Fsp3) is 0.647. The SMILES string of the molecule is CN=C(NCCCCNc1ccccn1)N1CCSC(C)(C)C1. The van der Waals surface area contributed by atoms with Gasteiger partial charge in [-0.05, 0) is 38.8 Å². The molecular weight excluding hydrogens is 306 g/mol. The standard InChI is InChI=1S/C17H29N5S/c1-17(2)14-22(12-13-23-17)16(18-3)21-11-7-6-10-20-15-8-4-5-9-19-15/h4-5,8-9H,6-7,10-14H2,1-3H3,(H,18,21)(H,19,20). The first kappa shape index (κ1) is 17.9. The van der Waals surface area contributed by atoms with Crippen molar-refractivity contribution in [2.45, 2.75) is 31.4 Å². The van der Waals surface area contributed by atoms with Gasteiger partial charge in [-0.25, -0.2) is 4.98 Å². The van der Waals surface area contributed by atoms with Crippen LogP contribution >= 0.6 is 11.8 Å². The molecule has 0 aliphatic carbocycles. The number of nitrogens with zero attached hydrogens (tertiary/aromatic N) is 3. The number of hydrogen-bond acceptors (Lipinski definition) is 4. The molecule has 1 fully saturated rings. The van der Waals surface area contributed by atoms with Gasteiger partial charge in [0.1, 0.15) is 5.82 Å². The number of hydrogen-bond donors (Lipinski definition) is 2. The molecule has 0 unspecified atom stereocenters. The van der Waals surface area contributed by atoms with Crippen LogP contribution in [-0.4, -0.2) is 59.6 Å². The van der Waals surface area contributed by atoms with Gasteiger partial charge in [0.05, 0.1) is 0 Å². The molecule has 0 atom stereocenters. The summed E-state index contributed by atoms with van der Waals surface area (Å²) in [5.41, 5.74) is 0. The maximum absolute atomic E-state index is 4.44. The van der Waals surface area contributed by atoms with Crippen molar-refractivity contribution in [1.82, 2.24) is 15.2 Å². The lowest BCUT2D eigenvalue weighted by Crippen LogP contribution is -2.51. The highest BCUT2D eigenvalue weighted by Gasteiger charge is 2.28. The molecule has 0 bridgehead atoms. The Balaban J connectivity index is 1.62. The molecule has 2 heterocycles. The van der Waals surface area contributed by atoms with Crippen LogP contribution < -0.4 is 10.6 Å². The lowest BCUT2D eigenvalue weighted by molar-refractivity contribution is 0.375. The third-order valence-corrected chi connectivity index (χ3v) is 5.09. The van der Waals surface area contributed by atoms with Gasteiger partial charge in [0.2, 0.25) is 0 Å². The van der Waals surface area contributed by atoms with Crippen LogP contribution in [0, 0.1) is 0 Å². The number of anilines is 1. The topological polar surface area (TPSA) is 52.6 Å². The van der Waals surface area contributed by atoms with Crippen LogP contribution in [0.5, 0.6) is 0 Å². The summed E-state index contributed by atoms with van der Waals surface area (Å²) < 4.78 is 0.308. The van der Waals surface area contributed by atoms with Gasteiger partial charge >= 0.3 is 0 Å². The Morgan fingerprint density at radius 1 is 1.35 bits per heavy atom. The lowest BCUT2D eigenvalue weighted by atomic mass is 10.2. The third kappa shape index (κ3) is 6.29. The lowest BCUT2D eigenvalue weighted by Gasteiger charge is -2.39. The molecule has 0 amide bonds. The van der Waals surface area contributed by atoms with Crippen molar-refractivity contribution in [2.24, 2.45) is 4.99 Å². The summed E-state index contributed by atoms with van der Waals surface area (Å²) in [5, 5.41) is 6.84. The van der Waals surface area contributed by atoms with Crippen LogP contribution in [0.1, 0.15) is 26.7 Å². The molecule has 1 aromatic heterocycles. The van der Waals surface area contributed by atoms with Crippen molar-refractivity contribution in [3.8, 4) is 0 Å². The highest BCUT2D eigenvalue weighted by atomic mass is 32.2. The van der Waals surface area contributed by atoms with Crippen molar-refractivity contribution in [3.05, 3.63) is 24.4 Å². The molecule has 5 nitrogen and oxygen atoms in total. The van der Waals surface area contributed by atoms with Gasteiger partial charge in [-0.15, -0.1) is 0 Å². The number of aliphatic imine (C=N–C) groups is 1. The van der Waals surface area contributed by atoms with Crippen LogP contribution in [0.3, 0.4) is 0 Å². The molecule has 1 aliphatic rings. The van der Waals surface area contributed by atoms with Crippen molar-refractivity contribution in [1.29, 1.82) is 0 Å². The van der Waals surface area contributed by atoms with Crippen molar-refractivity contribution < 1.29 is 0 Å². The second-order valence-electron chi connectivity index (χ2n) is 6.35. The van der Waals surface area contributed by atoms with E-state index in [-0.39, 0.29) is 0 Å². The van der Waals surface area contributed by atoms with Crippen LogP contribution in [0.15, 0.2) is 29.4 Å².